The molecule has 1 aliphatic rings. The van der Waals surface area contributed by atoms with E-state index in [1.54, 1.807) is 0 Å². The van der Waals surface area contributed by atoms with Crippen LogP contribution in [0.1, 0.15) is 10.4 Å². The van der Waals surface area contributed by atoms with Crippen LogP contribution in [0.2, 0.25) is 0 Å². The SMILES string of the molecule is OC(COc1cccc(CNCc2cc3ccccc3s2)c1)CN1CCOCC1. The Hall–Kier alpha value is -1.96. The third-order valence-corrected chi connectivity index (χ3v) is 6.13. The van der Waals surface area contributed by atoms with Gasteiger partial charge in [-0.3, -0.25) is 4.90 Å². The quantitative estimate of drug-likeness (QED) is 0.565. The molecule has 2 aromatic carbocycles. The van der Waals surface area contributed by atoms with Crippen molar-refractivity contribution in [2.45, 2.75) is 19.2 Å². The molecule has 1 atom stereocenters. The van der Waals surface area contributed by atoms with Crippen LogP contribution in [-0.2, 0) is 17.8 Å². The Labute approximate surface area is 175 Å². The van der Waals surface area contributed by atoms with Gasteiger partial charge in [0.1, 0.15) is 18.5 Å². The molecule has 29 heavy (non-hydrogen) atoms. The maximum Gasteiger partial charge on any atom is 0.119 e. The number of hydrogen-bond acceptors (Lipinski definition) is 6. The summed E-state index contributed by atoms with van der Waals surface area (Å²) in [7, 11) is 0. The molecule has 0 bridgehead atoms. The molecule has 1 unspecified atom stereocenters. The van der Waals surface area contributed by atoms with Crippen molar-refractivity contribution in [1.82, 2.24) is 10.2 Å². The molecule has 6 heteroatoms. The molecule has 1 aliphatic heterocycles. The van der Waals surface area contributed by atoms with Gasteiger partial charge in [-0.25, -0.2) is 0 Å². The third kappa shape index (κ3) is 6.01. The summed E-state index contributed by atoms with van der Waals surface area (Å²) in [6.07, 6.45) is -0.497. The number of β-amino-alcohol motifs (C(OH)–C–C–N with tert-alkyl or cyclic N) is 1. The molecule has 0 radical (unpaired) electrons. The van der Waals surface area contributed by atoms with Gasteiger partial charge in [-0.1, -0.05) is 30.3 Å². The van der Waals surface area contributed by atoms with E-state index >= 15 is 0 Å². The Morgan fingerprint density at radius 2 is 1.93 bits per heavy atom. The fourth-order valence-corrected chi connectivity index (χ4v) is 4.56. The lowest BCUT2D eigenvalue weighted by Gasteiger charge is -2.28. The van der Waals surface area contributed by atoms with Crippen molar-refractivity contribution in [3.8, 4) is 5.75 Å². The molecule has 4 rings (SSSR count). The van der Waals surface area contributed by atoms with Crippen LogP contribution in [0, 0.1) is 0 Å². The lowest BCUT2D eigenvalue weighted by atomic mass is 10.2. The molecular formula is C23H28N2O3S. The van der Waals surface area contributed by atoms with Gasteiger partial charge >= 0.3 is 0 Å². The van der Waals surface area contributed by atoms with Gasteiger partial charge in [-0.15, -0.1) is 11.3 Å². The van der Waals surface area contributed by atoms with Gasteiger partial charge in [-0.05, 0) is 35.2 Å². The Kier molecular flexibility index (Phi) is 7.14. The standard InChI is InChI=1S/C23H28N2O3S/c26-20(16-25-8-10-27-11-9-25)17-28-21-6-3-4-18(12-21)14-24-15-22-13-19-5-1-2-7-23(19)29-22/h1-7,12-13,20,24,26H,8-11,14-17H2. The summed E-state index contributed by atoms with van der Waals surface area (Å²) >= 11 is 1.83. The molecule has 154 valence electrons. The largest absolute Gasteiger partial charge is 0.491 e. The number of aliphatic hydroxyl groups excluding tert-OH is 1. The van der Waals surface area contributed by atoms with Crippen molar-refractivity contribution in [3.63, 3.8) is 0 Å². The predicted molar refractivity (Wildman–Crippen MR) is 118 cm³/mol. The van der Waals surface area contributed by atoms with E-state index in [1.165, 1.54) is 20.5 Å². The van der Waals surface area contributed by atoms with Crippen molar-refractivity contribution >= 4 is 21.4 Å². The van der Waals surface area contributed by atoms with Gasteiger partial charge in [0.05, 0.1) is 13.2 Å². The van der Waals surface area contributed by atoms with Crippen LogP contribution < -0.4 is 10.1 Å². The first kappa shape index (κ1) is 20.3. The number of rotatable bonds is 9. The first-order valence-corrected chi connectivity index (χ1v) is 11.0. The second kappa shape index (κ2) is 10.2. The zero-order valence-electron chi connectivity index (χ0n) is 16.5. The smallest absolute Gasteiger partial charge is 0.119 e. The molecule has 1 saturated heterocycles. The van der Waals surface area contributed by atoms with Crippen molar-refractivity contribution in [2.75, 3.05) is 39.5 Å². The van der Waals surface area contributed by atoms with Gasteiger partial charge in [0.25, 0.3) is 0 Å². The monoisotopic (exact) mass is 412 g/mol. The van der Waals surface area contributed by atoms with Crippen LogP contribution in [0.4, 0.5) is 0 Å². The van der Waals surface area contributed by atoms with E-state index in [9.17, 15) is 5.11 Å². The Morgan fingerprint density at radius 1 is 1.07 bits per heavy atom. The van der Waals surface area contributed by atoms with Crippen LogP contribution in [0.3, 0.4) is 0 Å². The lowest BCUT2D eigenvalue weighted by Crippen LogP contribution is -2.42. The van der Waals surface area contributed by atoms with Crippen LogP contribution >= 0.6 is 11.3 Å². The van der Waals surface area contributed by atoms with Gasteiger partial charge < -0.3 is 19.9 Å². The van der Waals surface area contributed by atoms with Crippen molar-refractivity contribution in [3.05, 3.63) is 65.0 Å². The molecule has 1 fully saturated rings. The van der Waals surface area contributed by atoms with E-state index in [0.29, 0.717) is 13.2 Å². The molecule has 0 amide bonds. The van der Waals surface area contributed by atoms with E-state index in [0.717, 1.165) is 45.1 Å². The number of nitrogens with one attached hydrogen (secondary N) is 1. The number of fused-ring (bicyclic) bond motifs is 1. The average Bonchev–Trinajstić information content (AvgIpc) is 3.16. The van der Waals surface area contributed by atoms with Crippen molar-refractivity contribution < 1.29 is 14.6 Å². The topological polar surface area (TPSA) is 54.0 Å². The van der Waals surface area contributed by atoms with Gasteiger partial charge in [0, 0.05) is 42.3 Å². The molecule has 1 aromatic heterocycles. The number of hydrogen-bond donors (Lipinski definition) is 2. The number of benzene rings is 2. The summed E-state index contributed by atoms with van der Waals surface area (Å²) in [4.78, 5) is 3.55. The van der Waals surface area contributed by atoms with E-state index in [4.69, 9.17) is 9.47 Å². The van der Waals surface area contributed by atoms with Crippen LogP contribution in [0.5, 0.6) is 5.75 Å². The minimum absolute atomic E-state index is 0.302. The highest BCUT2D eigenvalue weighted by atomic mass is 32.1. The maximum absolute atomic E-state index is 10.2. The van der Waals surface area contributed by atoms with Crippen molar-refractivity contribution in [2.24, 2.45) is 0 Å². The second-order valence-corrected chi connectivity index (χ2v) is 8.55. The molecule has 3 aromatic rings. The van der Waals surface area contributed by atoms with Crippen LogP contribution in [-0.4, -0.2) is 55.6 Å². The molecule has 0 spiro atoms. The van der Waals surface area contributed by atoms with E-state index in [1.807, 2.05) is 29.5 Å². The summed E-state index contributed by atoms with van der Waals surface area (Å²) < 4.78 is 12.5. The fourth-order valence-electron chi connectivity index (χ4n) is 3.53. The molecular weight excluding hydrogens is 384 g/mol. The lowest BCUT2D eigenvalue weighted by molar-refractivity contribution is 0.00465. The molecule has 5 nitrogen and oxygen atoms in total. The zero-order chi connectivity index (χ0) is 19.9. The summed E-state index contributed by atoms with van der Waals surface area (Å²) in [5.41, 5.74) is 1.17. The number of nitrogens with zero attached hydrogens (tertiary/aromatic N) is 1. The maximum atomic E-state index is 10.2. The van der Waals surface area contributed by atoms with Crippen LogP contribution in [0.15, 0.2) is 54.6 Å². The minimum Gasteiger partial charge on any atom is -0.491 e. The summed E-state index contributed by atoms with van der Waals surface area (Å²) in [6.45, 7) is 5.78. The Balaban J connectivity index is 1.22. The van der Waals surface area contributed by atoms with Crippen molar-refractivity contribution in [1.29, 1.82) is 0 Å². The first-order chi connectivity index (χ1) is 14.3. The highest BCUT2D eigenvalue weighted by Gasteiger charge is 2.15. The number of morpholine rings is 1. The minimum atomic E-state index is -0.497. The molecule has 2 N–H and O–H groups in total. The van der Waals surface area contributed by atoms with E-state index in [2.05, 4.69) is 46.6 Å². The Morgan fingerprint density at radius 3 is 2.79 bits per heavy atom. The highest BCUT2D eigenvalue weighted by Crippen LogP contribution is 2.25. The summed E-state index contributed by atoms with van der Waals surface area (Å²) in [5.74, 6) is 0.798. The van der Waals surface area contributed by atoms with E-state index < -0.39 is 6.10 Å². The molecule has 0 aliphatic carbocycles. The van der Waals surface area contributed by atoms with Gasteiger partial charge in [-0.2, -0.15) is 0 Å². The van der Waals surface area contributed by atoms with E-state index in [-0.39, 0.29) is 0 Å². The number of ether oxygens (including phenoxy) is 2. The first-order valence-electron chi connectivity index (χ1n) is 10.1. The third-order valence-electron chi connectivity index (χ3n) is 5.02. The average molecular weight is 413 g/mol. The predicted octanol–water partition coefficient (Wildman–Crippen LogP) is 3.26. The van der Waals surface area contributed by atoms with Gasteiger partial charge in [0.2, 0.25) is 0 Å². The Bertz CT molecular complexity index is 875. The summed E-state index contributed by atoms with van der Waals surface area (Å²) in [6, 6.07) is 18.8. The zero-order valence-corrected chi connectivity index (χ0v) is 17.4. The van der Waals surface area contributed by atoms with Gasteiger partial charge in [0.15, 0.2) is 0 Å². The van der Waals surface area contributed by atoms with Crippen LogP contribution in [0.25, 0.3) is 10.1 Å². The second-order valence-electron chi connectivity index (χ2n) is 7.38. The fraction of sp³-hybridized carbons (Fsp3) is 0.391. The normalized spacial score (nSPS) is 16.2. The highest BCUT2D eigenvalue weighted by molar-refractivity contribution is 7.19. The summed E-state index contributed by atoms with van der Waals surface area (Å²) in [5, 5.41) is 15.1. The number of thiophene rings is 1. The molecule has 2 heterocycles. The molecule has 0 saturated carbocycles. The number of aliphatic hydroxyl groups is 1.